The van der Waals surface area contributed by atoms with E-state index in [0.29, 0.717) is 10.7 Å². The number of hydrazone groups is 1. The molecule has 0 fully saturated rings. The van der Waals surface area contributed by atoms with Gasteiger partial charge in [-0.2, -0.15) is 5.10 Å². The van der Waals surface area contributed by atoms with Gasteiger partial charge in [0.1, 0.15) is 5.69 Å². The molecule has 136 valence electrons. The van der Waals surface area contributed by atoms with Gasteiger partial charge in [-0.15, -0.1) is 11.3 Å². The lowest BCUT2D eigenvalue weighted by Gasteiger charge is -2.11. The second kappa shape index (κ2) is 7.16. The lowest BCUT2D eigenvalue weighted by molar-refractivity contribution is 0.0955. The van der Waals surface area contributed by atoms with Crippen LogP contribution >= 0.6 is 22.9 Å². The van der Waals surface area contributed by atoms with Crippen LogP contribution in [0.15, 0.2) is 45.8 Å². The van der Waals surface area contributed by atoms with Crippen LogP contribution in [0.25, 0.3) is 4.96 Å². The van der Waals surface area contributed by atoms with Crippen molar-refractivity contribution >= 4 is 50.0 Å². The average molecular weight is 412 g/mol. The highest BCUT2D eigenvalue weighted by atomic mass is 35.5. The molecule has 1 aromatic carbocycles. The van der Waals surface area contributed by atoms with Gasteiger partial charge in [0.15, 0.2) is 10.1 Å². The summed E-state index contributed by atoms with van der Waals surface area (Å²) < 4.78 is 27.1. The van der Waals surface area contributed by atoms with Crippen molar-refractivity contribution in [1.29, 1.82) is 0 Å². The normalized spacial score (nSPS) is 12.3. The zero-order valence-corrected chi connectivity index (χ0v) is 16.1. The third kappa shape index (κ3) is 3.49. The molecule has 0 spiro atoms. The minimum atomic E-state index is -3.63. The molecule has 2 aromatic heterocycles. The van der Waals surface area contributed by atoms with Gasteiger partial charge in [0.2, 0.25) is 10.0 Å². The maximum atomic E-state index is 12.2. The third-order valence-corrected chi connectivity index (χ3v) is 6.33. The first-order chi connectivity index (χ1) is 12.3. The molecule has 0 bridgehead atoms. The van der Waals surface area contributed by atoms with Crippen LogP contribution in [0.2, 0.25) is 5.15 Å². The number of thiazole rings is 1. The molecule has 11 heteroatoms. The number of aromatic nitrogens is 2. The Bertz CT molecular complexity index is 1100. The zero-order valence-electron chi connectivity index (χ0n) is 13.7. The Labute approximate surface area is 158 Å². The summed E-state index contributed by atoms with van der Waals surface area (Å²) in [5, 5.41) is 6.01. The minimum Gasteiger partial charge on any atom is -0.288 e. The van der Waals surface area contributed by atoms with Gasteiger partial charge >= 0.3 is 0 Å². The molecule has 3 aromatic rings. The van der Waals surface area contributed by atoms with Crippen LogP contribution in [0, 0.1) is 0 Å². The van der Waals surface area contributed by atoms with Crippen molar-refractivity contribution in [2.75, 3.05) is 14.1 Å². The van der Waals surface area contributed by atoms with Crippen LogP contribution in [0.5, 0.6) is 0 Å². The molecular weight excluding hydrogens is 398 g/mol. The Morgan fingerprint density at radius 3 is 2.92 bits per heavy atom. The fourth-order valence-electron chi connectivity index (χ4n) is 2.12. The lowest BCUT2D eigenvalue weighted by Crippen LogP contribution is -2.23. The highest BCUT2D eigenvalue weighted by Gasteiger charge is 2.18. The quantitative estimate of drug-likeness (QED) is 0.513. The van der Waals surface area contributed by atoms with Crippen LogP contribution in [-0.2, 0) is 10.0 Å². The molecular formula is C15H14ClN5O3S2. The van der Waals surface area contributed by atoms with E-state index in [1.54, 1.807) is 10.6 Å². The molecule has 0 aliphatic carbocycles. The fourth-order valence-corrected chi connectivity index (χ4v) is 4.06. The van der Waals surface area contributed by atoms with E-state index < -0.39 is 15.9 Å². The van der Waals surface area contributed by atoms with Crippen LogP contribution in [0.3, 0.4) is 0 Å². The Kier molecular flexibility index (Phi) is 5.10. The lowest BCUT2D eigenvalue weighted by atomic mass is 10.2. The summed E-state index contributed by atoms with van der Waals surface area (Å²) >= 11 is 7.46. The van der Waals surface area contributed by atoms with Gasteiger partial charge in [-0.1, -0.05) is 17.7 Å². The molecule has 3 rings (SSSR count). The van der Waals surface area contributed by atoms with Crippen LogP contribution in [0.4, 0.5) is 0 Å². The van der Waals surface area contributed by atoms with E-state index in [1.807, 2.05) is 5.38 Å². The zero-order chi connectivity index (χ0) is 18.9. The van der Waals surface area contributed by atoms with E-state index >= 15 is 0 Å². The van der Waals surface area contributed by atoms with Crippen molar-refractivity contribution in [2.24, 2.45) is 5.10 Å². The van der Waals surface area contributed by atoms with E-state index in [4.69, 9.17) is 11.6 Å². The van der Waals surface area contributed by atoms with Gasteiger partial charge in [0.25, 0.3) is 5.91 Å². The molecule has 0 saturated carbocycles. The Morgan fingerprint density at radius 1 is 1.42 bits per heavy atom. The highest BCUT2D eigenvalue weighted by Crippen LogP contribution is 2.19. The summed E-state index contributed by atoms with van der Waals surface area (Å²) in [7, 11) is -0.778. The molecule has 0 saturated heterocycles. The second-order valence-corrected chi connectivity index (χ2v) is 8.74. The van der Waals surface area contributed by atoms with E-state index in [1.165, 1.54) is 55.9 Å². The molecule has 0 atom stereocenters. The summed E-state index contributed by atoms with van der Waals surface area (Å²) in [4.78, 5) is 17.1. The fraction of sp³-hybridized carbons (Fsp3) is 0.133. The van der Waals surface area contributed by atoms with Crippen LogP contribution < -0.4 is 5.43 Å². The second-order valence-electron chi connectivity index (χ2n) is 5.36. The molecule has 1 amide bonds. The number of carbonyl (C=O) groups is 1. The van der Waals surface area contributed by atoms with Crippen molar-refractivity contribution in [3.63, 3.8) is 0 Å². The number of rotatable bonds is 5. The molecule has 0 radical (unpaired) electrons. The van der Waals surface area contributed by atoms with Crippen LogP contribution in [-0.4, -0.2) is 48.3 Å². The molecule has 2 heterocycles. The standard InChI is InChI=1S/C15H14ClN5O3S2/c1-20(2)26(23,24)11-5-3-4-10(8-11)14(22)19-17-9-12-13(16)18-15-21(12)6-7-25-15/h3-9H,1-2H3,(H,19,22)/b17-9-. The van der Waals surface area contributed by atoms with Gasteiger partial charge in [-0.25, -0.2) is 23.1 Å². The van der Waals surface area contributed by atoms with Gasteiger partial charge in [0, 0.05) is 31.2 Å². The van der Waals surface area contributed by atoms with Gasteiger partial charge in [-0.05, 0) is 18.2 Å². The topological polar surface area (TPSA) is 96.1 Å². The number of hydrogen-bond donors (Lipinski definition) is 1. The minimum absolute atomic E-state index is 0.0259. The SMILES string of the molecule is CN(C)S(=O)(=O)c1cccc(C(=O)N/N=C\c2c(Cl)nc3sccn23)c1. The number of fused-ring (bicyclic) bond motifs is 1. The molecule has 8 nitrogen and oxygen atoms in total. The first kappa shape index (κ1) is 18.5. The number of hydrogen-bond acceptors (Lipinski definition) is 6. The Morgan fingerprint density at radius 2 is 2.19 bits per heavy atom. The van der Waals surface area contributed by atoms with Crippen molar-refractivity contribution in [3.8, 4) is 0 Å². The third-order valence-electron chi connectivity index (χ3n) is 3.48. The molecule has 0 aliphatic rings. The highest BCUT2D eigenvalue weighted by molar-refractivity contribution is 7.89. The Balaban J connectivity index is 1.79. The van der Waals surface area contributed by atoms with Crippen molar-refractivity contribution in [3.05, 3.63) is 52.3 Å². The molecule has 0 aliphatic heterocycles. The number of carbonyl (C=O) groups excluding carboxylic acids is 1. The van der Waals surface area contributed by atoms with E-state index in [0.717, 1.165) is 4.31 Å². The smallest absolute Gasteiger partial charge is 0.271 e. The summed E-state index contributed by atoms with van der Waals surface area (Å²) in [5.41, 5.74) is 3.06. The van der Waals surface area contributed by atoms with E-state index in [-0.39, 0.29) is 15.6 Å². The monoisotopic (exact) mass is 411 g/mol. The van der Waals surface area contributed by atoms with Crippen molar-refractivity contribution < 1.29 is 13.2 Å². The van der Waals surface area contributed by atoms with Gasteiger partial charge < -0.3 is 0 Å². The summed E-state index contributed by atoms with van der Waals surface area (Å²) in [6, 6.07) is 5.72. The maximum Gasteiger partial charge on any atom is 0.271 e. The van der Waals surface area contributed by atoms with Crippen LogP contribution in [0.1, 0.15) is 16.1 Å². The number of amides is 1. The summed E-state index contributed by atoms with van der Waals surface area (Å²) in [5.74, 6) is -0.542. The maximum absolute atomic E-state index is 12.2. The summed E-state index contributed by atoms with van der Waals surface area (Å²) in [6.45, 7) is 0. The predicted molar refractivity (Wildman–Crippen MR) is 100 cm³/mol. The number of imidazole rings is 1. The van der Waals surface area contributed by atoms with Gasteiger partial charge in [0.05, 0.1) is 11.1 Å². The number of sulfonamides is 1. The number of benzene rings is 1. The van der Waals surface area contributed by atoms with Gasteiger partial charge in [-0.3, -0.25) is 9.20 Å². The molecule has 0 unspecified atom stereocenters. The van der Waals surface area contributed by atoms with E-state index in [9.17, 15) is 13.2 Å². The average Bonchev–Trinajstić information content (AvgIpc) is 3.16. The number of nitrogens with one attached hydrogen (secondary N) is 1. The largest absolute Gasteiger partial charge is 0.288 e. The first-order valence-corrected chi connectivity index (χ1v) is 9.97. The van der Waals surface area contributed by atoms with E-state index in [2.05, 4.69) is 15.5 Å². The molecule has 26 heavy (non-hydrogen) atoms. The predicted octanol–water partition coefficient (Wildman–Crippen LogP) is 2.06. The number of halogens is 1. The first-order valence-electron chi connectivity index (χ1n) is 7.28. The summed E-state index contributed by atoms with van der Waals surface area (Å²) in [6.07, 6.45) is 3.17. The number of nitrogens with zero attached hydrogens (tertiary/aromatic N) is 4. The van der Waals surface area contributed by atoms with Crippen molar-refractivity contribution in [2.45, 2.75) is 4.90 Å². The Hall–Kier alpha value is -2.27. The molecule has 1 N–H and O–H groups in total. The van der Waals surface area contributed by atoms with Crippen molar-refractivity contribution in [1.82, 2.24) is 19.1 Å².